The first-order valence-corrected chi connectivity index (χ1v) is 2.98. The van der Waals surface area contributed by atoms with Crippen molar-refractivity contribution in [1.29, 1.82) is 0 Å². The number of hydrogen-bond acceptors (Lipinski definition) is 4. The summed E-state index contributed by atoms with van der Waals surface area (Å²) in [7, 11) is 0. The summed E-state index contributed by atoms with van der Waals surface area (Å²) in [4.78, 5) is 16.1. The number of hydrogen-bond donors (Lipinski definition) is 0. The summed E-state index contributed by atoms with van der Waals surface area (Å²) < 4.78 is 12.2. The molecule has 0 aliphatic heterocycles. The molecule has 0 saturated carbocycles. The van der Waals surface area contributed by atoms with Crippen molar-refractivity contribution in [3.05, 3.63) is 40.3 Å². The second kappa shape index (κ2) is 3.51. The second-order valence-corrected chi connectivity index (χ2v) is 1.86. The highest BCUT2D eigenvalue weighted by Gasteiger charge is 1.93. The molecule has 0 aromatic carbocycles. The van der Waals surface area contributed by atoms with Crippen LogP contribution in [0.1, 0.15) is 5.82 Å². The fraction of sp³-hybridized carbons (Fsp3) is 0. The molecule has 12 heavy (non-hydrogen) atoms. The fourth-order valence-electron chi connectivity index (χ4n) is 0.536. The first kappa shape index (κ1) is 8.25. The molecule has 0 fully saturated rings. The Morgan fingerprint density at radius 2 is 2.08 bits per heavy atom. The van der Waals surface area contributed by atoms with Gasteiger partial charge in [0.2, 0.25) is 6.20 Å². The van der Waals surface area contributed by atoms with Gasteiger partial charge in [-0.15, -0.1) is 0 Å². The van der Waals surface area contributed by atoms with Crippen LogP contribution in [-0.2, 0) is 0 Å². The van der Waals surface area contributed by atoms with E-state index in [1.54, 1.807) is 0 Å². The largest absolute Gasteiger partial charge is 0.259 e. The van der Waals surface area contributed by atoms with E-state index in [2.05, 4.69) is 9.97 Å². The zero-order chi connectivity index (χ0) is 8.97. The van der Waals surface area contributed by atoms with Gasteiger partial charge < -0.3 is 0 Å². The predicted molar refractivity (Wildman–Crippen MR) is 38.0 cm³/mol. The molecule has 1 heterocycles. The number of nitro groups is 1. The Morgan fingerprint density at radius 1 is 1.50 bits per heavy atom. The smallest absolute Gasteiger partial charge is 0.238 e. The van der Waals surface area contributed by atoms with Crippen molar-refractivity contribution < 1.29 is 9.31 Å². The maximum atomic E-state index is 12.2. The van der Waals surface area contributed by atoms with Crippen LogP contribution in [0.5, 0.6) is 0 Å². The van der Waals surface area contributed by atoms with Crippen LogP contribution in [0.4, 0.5) is 4.39 Å². The van der Waals surface area contributed by atoms with E-state index in [1.807, 2.05) is 0 Å². The molecule has 0 saturated heterocycles. The zero-order valence-electron chi connectivity index (χ0n) is 5.85. The van der Waals surface area contributed by atoms with Crippen molar-refractivity contribution in [2.24, 2.45) is 0 Å². The van der Waals surface area contributed by atoms with E-state index in [-0.39, 0.29) is 5.82 Å². The van der Waals surface area contributed by atoms with E-state index in [0.29, 0.717) is 6.20 Å². The van der Waals surface area contributed by atoms with Gasteiger partial charge in [-0.25, -0.2) is 14.4 Å². The van der Waals surface area contributed by atoms with Crippen molar-refractivity contribution in [3.8, 4) is 0 Å². The molecule has 0 unspecified atom stereocenters. The van der Waals surface area contributed by atoms with Gasteiger partial charge >= 0.3 is 0 Å². The monoisotopic (exact) mass is 169 g/mol. The minimum absolute atomic E-state index is 0.105. The lowest BCUT2D eigenvalue weighted by atomic mass is 10.5. The molecule has 0 aliphatic rings. The maximum Gasteiger partial charge on any atom is 0.238 e. The summed E-state index contributed by atoms with van der Waals surface area (Å²) in [5.41, 5.74) is 0. The number of nitrogens with zero attached hydrogens (tertiary/aromatic N) is 3. The van der Waals surface area contributed by atoms with Crippen LogP contribution in [0.2, 0.25) is 0 Å². The normalized spacial score (nSPS) is 10.4. The van der Waals surface area contributed by atoms with Gasteiger partial charge in [-0.2, -0.15) is 0 Å². The van der Waals surface area contributed by atoms with Crippen LogP contribution in [-0.4, -0.2) is 14.9 Å². The number of aromatic nitrogens is 2. The van der Waals surface area contributed by atoms with E-state index in [0.717, 1.165) is 18.5 Å². The van der Waals surface area contributed by atoms with Crippen molar-refractivity contribution in [1.82, 2.24) is 9.97 Å². The van der Waals surface area contributed by atoms with Crippen LogP contribution in [0.15, 0.2) is 18.6 Å². The van der Waals surface area contributed by atoms with Gasteiger partial charge in [-0.1, -0.05) is 0 Å². The molecule has 1 aromatic heterocycles. The average Bonchev–Trinajstić information content (AvgIpc) is 2.03. The number of rotatable bonds is 2. The van der Waals surface area contributed by atoms with Crippen molar-refractivity contribution in [2.75, 3.05) is 0 Å². The Balaban J connectivity index is 2.77. The van der Waals surface area contributed by atoms with Gasteiger partial charge in [-0.05, 0) is 0 Å². The zero-order valence-corrected chi connectivity index (χ0v) is 5.85. The molecule has 0 radical (unpaired) electrons. The van der Waals surface area contributed by atoms with E-state index < -0.39 is 10.7 Å². The Bertz CT molecular complexity index is 309. The molecular formula is C6H4FN3O2. The van der Waals surface area contributed by atoms with Crippen molar-refractivity contribution in [3.63, 3.8) is 0 Å². The Kier molecular flexibility index (Phi) is 2.42. The third kappa shape index (κ3) is 2.41. The van der Waals surface area contributed by atoms with E-state index in [1.165, 1.54) is 0 Å². The van der Waals surface area contributed by atoms with Gasteiger partial charge in [0.15, 0.2) is 11.6 Å². The average molecular weight is 169 g/mol. The summed E-state index contributed by atoms with van der Waals surface area (Å²) in [5.74, 6) is -0.471. The minimum atomic E-state index is -0.646. The molecule has 62 valence electrons. The van der Waals surface area contributed by atoms with Crippen LogP contribution in [0.3, 0.4) is 0 Å². The molecule has 0 N–H and O–H groups in total. The van der Waals surface area contributed by atoms with Gasteiger partial charge in [0.25, 0.3) is 0 Å². The fourth-order valence-corrected chi connectivity index (χ4v) is 0.536. The van der Waals surface area contributed by atoms with E-state index in [9.17, 15) is 14.5 Å². The molecule has 0 amide bonds. The molecule has 0 bridgehead atoms. The topological polar surface area (TPSA) is 68.9 Å². The van der Waals surface area contributed by atoms with Crippen LogP contribution in [0.25, 0.3) is 6.08 Å². The van der Waals surface area contributed by atoms with Crippen molar-refractivity contribution >= 4 is 6.08 Å². The van der Waals surface area contributed by atoms with E-state index >= 15 is 0 Å². The predicted octanol–water partition coefficient (Wildman–Crippen LogP) is 0.863. The van der Waals surface area contributed by atoms with Gasteiger partial charge in [0.05, 0.1) is 23.4 Å². The summed E-state index contributed by atoms with van der Waals surface area (Å²) in [5, 5.41) is 9.83. The molecule has 1 rings (SSSR count). The lowest BCUT2D eigenvalue weighted by molar-refractivity contribution is -0.401. The molecule has 5 nitrogen and oxygen atoms in total. The number of halogens is 1. The standard InChI is InChI=1S/C6H4FN3O2/c7-5-3-8-6(9-4-5)1-2-10(11)12/h1-4H/b2-1+. The molecular weight excluding hydrogens is 165 g/mol. The highest BCUT2D eigenvalue weighted by molar-refractivity contribution is 5.36. The Hall–Kier alpha value is -1.85. The summed E-state index contributed by atoms with van der Waals surface area (Å²) in [6.45, 7) is 0. The third-order valence-corrected chi connectivity index (χ3v) is 0.986. The molecule has 0 aliphatic carbocycles. The highest BCUT2D eigenvalue weighted by atomic mass is 19.1. The van der Waals surface area contributed by atoms with E-state index in [4.69, 9.17) is 0 Å². The first-order chi connectivity index (χ1) is 5.68. The summed E-state index contributed by atoms with van der Waals surface area (Å²) >= 11 is 0. The Labute approximate surface area is 66.7 Å². The lowest BCUT2D eigenvalue weighted by Gasteiger charge is -1.87. The van der Waals surface area contributed by atoms with Crippen LogP contribution >= 0.6 is 0 Å². The quantitative estimate of drug-likeness (QED) is 0.486. The summed E-state index contributed by atoms with van der Waals surface area (Å²) in [6.07, 6.45) is 3.64. The lowest BCUT2D eigenvalue weighted by Crippen LogP contribution is -1.89. The van der Waals surface area contributed by atoms with Crippen molar-refractivity contribution in [2.45, 2.75) is 0 Å². The second-order valence-electron chi connectivity index (χ2n) is 1.86. The highest BCUT2D eigenvalue weighted by Crippen LogP contribution is 1.94. The van der Waals surface area contributed by atoms with Crippen LogP contribution < -0.4 is 0 Å². The first-order valence-electron chi connectivity index (χ1n) is 2.98. The molecule has 6 heteroatoms. The van der Waals surface area contributed by atoms with Gasteiger partial charge in [-0.3, -0.25) is 10.1 Å². The van der Waals surface area contributed by atoms with Crippen LogP contribution in [0, 0.1) is 15.9 Å². The molecule has 0 atom stereocenters. The SMILES string of the molecule is O=[N+]([O-])/C=C/c1ncc(F)cn1. The minimum Gasteiger partial charge on any atom is -0.259 e. The molecule has 1 aromatic rings. The third-order valence-electron chi connectivity index (χ3n) is 0.986. The molecule has 0 spiro atoms. The maximum absolute atomic E-state index is 12.2. The Morgan fingerprint density at radius 3 is 2.58 bits per heavy atom. The van der Waals surface area contributed by atoms with Gasteiger partial charge in [0.1, 0.15) is 0 Å². The van der Waals surface area contributed by atoms with Gasteiger partial charge in [0, 0.05) is 0 Å². The summed E-state index contributed by atoms with van der Waals surface area (Å²) in [6, 6.07) is 0.